The van der Waals surface area contributed by atoms with Crippen LogP contribution in [0.25, 0.3) is 0 Å². The molecule has 2 unspecified atom stereocenters. The highest BCUT2D eigenvalue weighted by Gasteiger charge is 2.41. The van der Waals surface area contributed by atoms with E-state index in [2.05, 4.69) is 0 Å². The quantitative estimate of drug-likeness (QED) is 0.770. The number of benzene rings is 2. The van der Waals surface area contributed by atoms with Crippen LogP contribution in [0.1, 0.15) is 54.5 Å². The molecular formula is C24H30N2O4S. The minimum absolute atomic E-state index is 0.0582. The van der Waals surface area contributed by atoms with E-state index in [0.29, 0.717) is 39.0 Å². The zero-order valence-corrected chi connectivity index (χ0v) is 18.7. The summed E-state index contributed by atoms with van der Waals surface area (Å²) in [7, 11) is -3.48. The van der Waals surface area contributed by atoms with E-state index in [1.807, 2.05) is 61.5 Å². The first-order valence-corrected chi connectivity index (χ1v) is 12.4. The summed E-state index contributed by atoms with van der Waals surface area (Å²) in [6.45, 7) is 3.31. The summed E-state index contributed by atoms with van der Waals surface area (Å²) in [5.74, 6) is -0.332. The Labute approximate surface area is 184 Å². The molecule has 2 fully saturated rings. The van der Waals surface area contributed by atoms with Crippen LogP contribution in [0, 0.1) is 0 Å². The summed E-state index contributed by atoms with van der Waals surface area (Å²) in [6, 6.07) is 17.1. The van der Waals surface area contributed by atoms with Crippen LogP contribution in [0.15, 0.2) is 54.6 Å². The lowest BCUT2D eigenvalue weighted by Crippen LogP contribution is -2.45. The molecule has 0 radical (unpaired) electrons. The molecule has 2 aliphatic heterocycles. The van der Waals surface area contributed by atoms with E-state index in [1.165, 1.54) is 0 Å². The standard InChI is InChI=1S/C24H30N2O4S/c1-18-7-12-22(20-5-3-2-4-6-20)31(28,29)26(18)17-19-8-10-21(11-9-19)24(23(25)27)13-15-30-16-14-24/h2-6,8-11,18,22H,7,12-17H2,1H3,(H2,25,27). The van der Waals surface area contributed by atoms with Crippen LogP contribution in [-0.4, -0.2) is 37.9 Å². The zero-order valence-electron chi connectivity index (χ0n) is 17.9. The van der Waals surface area contributed by atoms with Crippen molar-refractivity contribution < 1.29 is 17.9 Å². The second kappa shape index (κ2) is 8.73. The van der Waals surface area contributed by atoms with Gasteiger partial charge < -0.3 is 10.5 Å². The Bertz CT molecular complexity index is 1020. The molecule has 2 saturated heterocycles. The van der Waals surface area contributed by atoms with Crippen LogP contribution in [-0.2, 0) is 31.5 Å². The number of amides is 1. The number of hydrogen-bond acceptors (Lipinski definition) is 4. The van der Waals surface area contributed by atoms with Crippen LogP contribution < -0.4 is 5.73 Å². The Kier molecular flexibility index (Phi) is 6.19. The number of sulfonamides is 1. The number of nitrogens with two attached hydrogens (primary N) is 1. The van der Waals surface area contributed by atoms with Gasteiger partial charge in [-0.15, -0.1) is 0 Å². The molecule has 2 N–H and O–H groups in total. The molecule has 7 heteroatoms. The average Bonchev–Trinajstić information content (AvgIpc) is 2.78. The van der Waals surface area contributed by atoms with Crippen molar-refractivity contribution in [1.29, 1.82) is 0 Å². The van der Waals surface area contributed by atoms with Crippen molar-refractivity contribution in [2.75, 3.05) is 13.2 Å². The third kappa shape index (κ3) is 4.14. The van der Waals surface area contributed by atoms with Crippen LogP contribution >= 0.6 is 0 Å². The maximum absolute atomic E-state index is 13.4. The summed E-state index contributed by atoms with van der Waals surface area (Å²) < 4.78 is 33.9. The monoisotopic (exact) mass is 442 g/mol. The molecule has 2 aliphatic rings. The molecule has 0 spiro atoms. The van der Waals surface area contributed by atoms with E-state index >= 15 is 0 Å². The van der Waals surface area contributed by atoms with Gasteiger partial charge in [0.05, 0.1) is 5.41 Å². The molecule has 2 aromatic carbocycles. The second-order valence-corrected chi connectivity index (χ2v) is 10.7. The summed E-state index contributed by atoms with van der Waals surface area (Å²) >= 11 is 0. The maximum atomic E-state index is 13.4. The molecule has 2 atom stereocenters. The lowest BCUT2D eigenvalue weighted by Gasteiger charge is -2.38. The van der Waals surface area contributed by atoms with Crippen LogP contribution in [0.5, 0.6) is 0 Å². The zero-order chi connectivity index (χ0) is 22.1. The first kappa shape index (κ1) is 22.0. The summed E-state index contributed by atoms with van der Waals surface area (Å²) in [6.07, 6.45) is 2.59. The Morgan fingerprint density at radius 2 is 1.71 bits per heavy atom. The molecule has 2 heterocycles. The molecule has 2 aromatic rings. The van der Waals surface area contributed by atoms with Gasteiger partial charge in [-0.3, -0.25) is 4.79 Å². The Morgan fingerprint density at radius 3 is 2.32 bits per heavy atom. The molecular weight excluding hydrogens is 412 g/mol. The molecule has 1 amide bonds. The largest absolute Gasteiger partial charge is 0.381 e. The van der Waals surface area contributed by atoms with Gasteiger partial charge in [-0.05, 0) is 49.3 Å². The van der Waals surface area contributed by atoms with Gasteiger partial charge in [-0.25, -0.2) is 8.42 Å². The Balaban J connectivity index is 1.57. The first-order chi connectivity index (χ1) is 14.8. The number of carbonyl (C=O) groups is 1. The fourth-order valence-corrected chi connectivity index (χ4v) is 7.06. The SMILES string of the molecule is CC1CCC(c2ccccc2)S(=O)(=O)N1Cc1ccc(C2(C(N)=O)CCOCC2)cc1. The highest BCUT2D eigenvalue weighted by atomic mass is 32.2. The highest BCUT2D eigenvalue weighted by molar-refractivity contribution is 7.89. The Hall–Kier alpha value is -2.22. The van der Waals surface area contributed by atoms with Crippen molar-refractivity contribution in [2.24, 2.45) is 5.73 Å². The highest BCUT2D eigenvalue weighted by Crippen LogP contribution is 2.39. The minimum atomic E-state index is -3.48. The van der Waals surface area contributed by atoms with Crippen molar-refractivity contribution in [3.05, 3.63) is 71.3 Å². The van der Waals surface area contributed by atoms with Crippen LogP contribution in [0.3, 0.4) is 0 Å². The molecule has 0 aromatic heterocycles. The van der Waals surface area contributed by atoms with E-state index in [-0.39, 0.29) is 11.9 Å². The van der Waals surface area contributed by atoms with E-state index in [4.69, 9.17) is 10.5 Å². The first-order valence-electron chi connectivity index (χ1n) is 10.9. The number of hydrogen-bond donors (Lipinski definition) is 1. The van der Waals surface area contributed by atoms with Crippen molar-refractivity contribution in [3.63, 3.8) is 0 Å². The average molecular weight is 443 g/mol. The van der Waals surface area contributed by atoms with E-state index in [9.17, 15) is 13.2 Å². The van der Waals surface area contributed by atoms with Crippen LogP contribution in [0.2, 0.25) is 0 Å². The predicted octanol–water partition coefficient (Wildman–Crippen LogP) is 3.28. The third-order valence-corrected chi connectivity index (χ3v) is 9.23. The van der Waals surface area contributed by atoms with E-state index in [0.717, 1.165) is 23.1 Å². The Morgan fingerprint density at radius 1 is 1.06 bits per heavy atom. The van der Waals surface area contributed by atoms with Crippen molar-refractivity contribution in [2.45, 2.75) is 55.9 Å². The van der Waals surface area contributed by atoms with Gasteiger partial charge >= 0.3 is 0 Å². The fourth-order valence-electron chi connectivity index (χ4n) is 4.86. The minimum Gasteiger partial charge on any atom is -0.381 e. The predicted molar refractivity (Wildman–Crippen MR) is 120 cm³/mol. The van der Waals surface area contributed by atoms with Crippen molar-refractivity contribution in [3.8, 4) is 0 Å². The van der Waals surface area contributed by atoms with Crippen molar-refractivity contribution >= 4 is 15.9 Å². The van der Waals surface area contributed by atoms with Gasteiger partial charge in [0.2, 0.25) is 15.9 Å². The lowest BCUT2D eigenvalue weighted by molar-refractivity contribution is -0.127. The molecule has 31 heavy (non-hydrogen) atoms. The maximum Gasteiger partial charge on any atom is 0.228 e. The smallest absolute Gasteiger partial charge is 0.228 e. The third-order valence-electron chi connectivity index (χ3n) is 6.86. The normalized spacial score (nSPS) is 25.7. The molecule has 166 valence electrons. The van der Waals surface area contributed by atoms with E-state index < -0.39 is 20.7 Å². The summed E-state index contributed by atoms with van der Waals surface area (Å²) in [5, 5.41) is -0.510. The topological polar surface area (TPSA) is 89.7 Å². The molecule has 0 bridgehead atoms. The van der Waals surface area contributed by atoms with Crippen LogP contribution in [0.4, 0.5) is 0 Å². The number of carbonyl (C=O) groups excluding carboxylic acids is 1. The van der Waals surface area contributed by atoms with Gasteiger partial charge in [0.1, 0.15) is 5.25 Å². The summed E-state index contributed by atoms with van der Waals surface area (Å²) in [4.78, 5) is 12.3. The second-order valence-electron chi connectivity index (χ2n) is 8.67. The number of nitrogens with zero attached hydrogens (tertiary/aromatic N) is 1. The molecule has 4 rings (SSSR count). The molecule has 6 nitrogen and oxygen atoms in total. The molecule has 0 aliphatic carbocycles. The van der Waals surface area contributed by atoms with Gasteiger partial charge in [0, 0.05) is 25.8 Å². The number of primary amides is 1. The van der Waals surface area contributed by atoms with Crippen molar-refractivity contribution in [1.82, 2.24) is 4.31 Å². The fraction of sp³-hybridized carbons (Fsp3) is 0.458. The number of rotatable bonds is 5. The lowest BCUT2D eigenvalue weighted by atomic mass is 9.73. The van der Waals surface area contributed by atoms with Gasteiger partial charge in [-0.1, -0.05) is 54.6 Å². The number of ether oxygens (including phenoxy) is 1. The van der Waals surface area contributed by atoms with Gasteiger partial charge in [0.25, 0.3) is 0 Å². The van der Waals surface area contributed by atoms with E-state index in [1.54, 1.807) is 4.31 Å². The van der Waals surface area contributed by atoms with Gasteiger partial charge in [0.15, 0.2) is 0 Å². The molecule has 0 saturated carbocycles. The summed E-state index contributed by atoms with van der Waals surface area (Å²) in [5.41, 5.74) is 7.68. The van der Waals surface area contributed by atoms with Gasteiger partial charge in [-0.2, -0.15) is 4.31 Å².